The minimum atomic E-state index is -2.93. The first kappa shape index (κ1) is 24.6. The van der Waals surface area contributed by atoms with Crippen molar-refractivity contribution in [3.63, 3.8) is 0 Å². The average Bonchev–Trinajstić information content (AvgIpc) is 3.32. The standard InChI is InChI=1S/C24H25FN4O5S/c1-3-27(4-2)12-5-6-16-14-17(25)7-8-18(16)29(35(32)33)19-9-10-20-23(22(19)24(30)31)34-15-21-26-11-13-28(20)21/h5-11,13-14H,3-4,12,15H2,1-2H3,(H,30,31)(H,32,33)/p-1. The number of carboxylic acids is 1. The van der Waals surface area contributed by atoms with E-state index in [0.717, 1.165) is 23.5 Å². The number of ether oxygens (including phenoxy) is 1. The molecule has 1 aliphatic rings. The van der Waals surface area contributed by atoms with Crippen molar-refractivity contribution in [3.05, 3.63) is 71.6 Å². The van der Waals surface area contributed by atoms with Crippen LogP contribution in [0.5, 0.6) is 5.75 Å². The van der Waals surface area contributed by atoms with Crippen molar-refractivity contribution in [2.45, 2.75) is 20.5 Å². The number of aromatic nitrogens is 2. The summed E-state index contributed by atoms with van der Waals surface area (Å²) >= 11 is -2.93. The number of likely N-dealkylation sites (N-methyl/N-ethyl adjacent to an activating group) is 1. The molecule has 0 amide bonds. The maximum Gasteiger partial charge on any atom is 0.341 e. The minimum Gasteiger partial charge on any atom is -0.755 e. The summed E-state index contributed by atoms with van der Waals surface area (Å²) in [6, 6.07) is 6.61. The number of halogens is 1. The fourth-order valence-corrected chi connectivity index (χ4v) is 4.65. The molecule has 1 atom stereocenters. The second-order valence-corrected chi connectivity index (χ2v) is 8.52. The lowest BCUT2D eigenvalue weighted by Gasteiger charge is -2.31. The van der Waals surface area contributed by atoms with Crippen molar-refractivity contribution < 1.29 is 27.8 Å². The summed E-state index contributed by atoms with van der Waals surface area (Å²) in [6.45, 7) is 6.30. The number of benzene rings is 2. The zero-order valence-electron chi connectivity index (χ0n) is 19.2. The van der Waals surface area contributed by atoms with E-state index in [9.17, 15) is 23.1 Å². The second-order valence-electron chi connectivity index (χ2n) is 7.72. The van der Waals surface area contributed by atoms with Gasteiger partial charge in [0, 0.05) is 24.5 Å². The molecule has 0 fully saturated rings. The molecular weight excluding hydrogens is 475 g/mol. The van der Waals surface area contributed by atoms with Gasteiger partial charge >= 0.3 is 5.97 Å². The lowest BCUT2D eigenvalue weighted by atomic mass is 10.1. The highest BCUT2D eigenvalue weighted by atomic mass is 32.2. The molecule has 0 aliphatic carbocycles. The third kappa shape index (κ3) is 4.83. The van der Waals surface area contributed by atoms with Crippen LogP contribution in [0.15, 0.2) is 48.8 Å². The number of aromatic carboxylic acids is 1. The van der Waals surface area contributed by atoms with Crippen LogP contribution in [-0.4, -0.2) is 53.9 Å². The van der Waals surface area contributed by atoms with Gasteiger partial charge in [-0.3, -0.25) is 13.1 Å². The first-order valence-corrected chi connectivity index (χ1v) is 12.0. The first-order valence-electron chi connectivity index (χ1n) is 11.0. The molecular formula is C24H24FN4O5S-. The van der Waals surface area contributed by atoms with E-state index in [-0.39, 0.29) is 34.9 Å². The molecule has 0 saturated carbocycles. The maximum absolute atomic E-state index is 14.1. The number of carbonyl (C=O) groups is 1. The highest BCUT2D eigenvalue weighted by molar-refractivity contribution is 7.81. The number of fused-ring (bicyclic) bond motifs is 3. The van der Waals surface area contributed by atoms with Crippen LogP contribution in [0.25, 0.3) is 11.8 Å². The summed E-state index contributed by atoms with van der Waals surface area (Å²) in [5.74, 6) is -1.30. The third-order valence-electron chi connectivity index (χ3n) is 5.78. The Morgan fingerprint density at radius 1 is 1.29 bits per heavy atom. The zero-order valence-corrected chi connectivity index (χ0v) is 20.0. The predicted octanol–water partition coefficient (Wildman–Crippen LogP) is 3.89. The smallest absolute Gasteiger partial charge is 0.341 e. The molecule has 2 aromatic carbocycles. The largest absolute Gasteiger partial charge is 0.755 e. The molecule has 35 heavy (non-hydrogen) atoms. The lowest BCUT2D eigenvalue weighted by molar-refractivity contribution is 0.0692. The van der Waals surface area contributed by atoms with Crippen LogP contribution < -0.4 is 9.04 Å². The van der Waals surface area contributed by atoms with Gasteiger partial charge in [0.2, 0.25) is 0 Å². The van der Waals surface area contributed by atoms with Crippen molar-refractivity contribution >= 4 is 34.7 Å². The van der Waals surface area contributed by atoms with Crippen LogP contribution >= 0.6 is 0 Å². The van der Waals surface area contributed by atoms with E-state index in [1.54, 1.807) is 29.1 Å². The lowest BCUT2D eigenvalue weighted by Crippen LogP contribution is -2.25. The van der Waals surface area contributed by atoms with E-state index in [1.165, 1.54) is 18.2 Å². The summed E-state index contributed by atoms with van der Waals surface area (Å²) in [6.07, 6.45) is 6.68. The van der Waals surface area contributed by atoms with Crippen LogP contribution in [0, 0.1) is 5.82 Å². The molecule has 184 valence electrons. The van der Waals surface area contributed by atoms with Gasteiger partial charge in [-0.05, 0) is 43.4 Å². The molecule has 0 radical (unpaired) electrons. The van der Waals surface area contributed by atoms with Gasteiger partial charge in [-0.2, -0.15) is 0 Å². The number of nitrogens with zero attached hydrogens (tertiary/aromatic N) is 4. The average molecular weight is 500 g/mol. The van der Waals surface area contributed by atoms with Crippen molar-refractivity contribution in [2.75, 3.05) is 23.9 Å². The van der Waals surface area contributed by atoms with E-state index in [4.69, 9.17) is 4.74 Å². The molecule has 1 aliphatic heterocycles. The number of anilines is 2. The molecule has 1 aromatic heterocycles. The van der Waals surface area contributed by atoms with Gasteiger partial charge in [0.05, 0.1) is 28.3 Å². The normalized spacial score (nSPS) is 13.4. The van der Waals surface area contributed by atoms with E-state index < -0.39 is 23.1 Å². The van der Waals surface area contributed by atoms with E-state index in [2.05, 4.69) is 9.88 Å². The number of carboxylic acid groups (broad SMARTS) is 1. The maximum atomic E-state index is 14.1. The van der Waals surface area contributed by atoms with Crippen LogP contribution in [0.1, 0.15) is 35.6 Å². The fraction of sp³-hybridized carbons (Fsp3) is 0.250. The van der Waals surface area contributed by atoms with Gasteiger partial charge in [-0.1, -0.05) is 26.0 Å². The van der Waals surface area contributed by atoms with Crippen LogP contribution in [-0.2, 0) is 17.9 Å². The van der Waals surface area contributed by atoms with Gasteiger partial charge < -0.3 is 19.3 Å². The molecule has 9 nitrogen and oxygen atoms in total. The minimum absolute atomic E-state index is 0.0247. The van der Waals surface area contributed by atoms with Crippen molar-refractivity contribution in [1.82, 2.24) is 14.5 Å². The van der Waals surface area contributed by atoms with Gasteiger partial charge in [0.15, 0.2) is 11.6 Å². The fourth-order valence-electron chi connectivity index (χ4n) is 4.01. The Morgan fingerprint density at radius 2 is 2.03 bits per heavy atom. The van der Waals surface area contributed by atoms with E-state index in [1.807, 2.05) is 19.9 Å². The molecule has 4 rings (SSSR count). The van der Waals surface area contributed by atoms with Gasteiger partial charge in [-0.25, -0.2) is 14.2 Å². The van der Waals surface area contributed by atoms with Gasteiger partial charge in [-0.15, -0.1) is 0 Å². The van der Waals surface area contributed by atoms with Gasteiger partial charge in [0.1, 0.15) is 18.0 Å². The molecule has 0 spiro atoms. The van der Waals surface area contributed by atoms with E-state index in [0.29, 0.717) is 18.1 Å². The SMILES string of the molecule is CCN(CC)CC=Cc1cc(F)ccc1N(c1ccc2c(c1C(=O)O)OCc1nccn1-2)S(=O)[O-]. The summed E-state index contributed by atoms with van der Waals surface area (Å²) < 4.78 is 47.3. The zero-order chi connectivity index (χ0) is 25.1. The summed E-state index contributed by atoms with van der Waals surface area (Å²) in [7, 11) is 0. The Balaban J connectivity index is 1.85. The van der Waals surface area contributed by atoms with Crippen molar-refractivity contribution in [1.29, 1.82) is 0 Å². The second kappa shape index (κ2) is 10.4. The third-order valence-corrected chi connectivity index (χ3v) is 6.47. The number of rotatable bonds is 9. The topological polar surface area (TPSA) is 111 Å². The first-order chi connectivity index (χ1) is 16.8. The summed E-state index contributed by atoms with van der Waals surface area (Å²) in [4.78, 5) is 18.6. The van der Waals surface area contributed by atoms with Crippen molar-refractivity contribution in [3.8, 4) is 11.4 Å². The monoisotopic (exact) mass is 499 g/mol. The summed E-state index contributed by atoms with van der Waals surface area (Å²) in [5.41, 5.74) is 0.372. The molecule has 0 saturated heterocycles. The Labute approximate surface area is 204 Å². The van der Waals surface area contributed by atoms with Crippen LogP contribution in [0.4, 0.5) is 15.8 Å². The Kier molecular flexibility index (Phi) is 7.29. The number of imidazole rings is 1. The number of hydrogen-bond donors (Lipinski definition) is 1. The van der Waals surface area contributed by atoms with Crippen molar-refractivity contribution in [2.24, 2.45) is 0 Å². The highest BCUT2D eigenvalue weighted by Gasteiger charge is 2.30. The molecule has 3 aromatic rings. The molecule has 2 heterocycles. The molecule has 1 unspecified atom stereocenters. The molecule has 1 N–H and O–H groups in total. The highest BCUT2D eigenvalue weighted by Crippen LogP contribution is 2.42. The number of hydrogen-bond acceptors (Lipinski definition) is 6. The quantitative estimate of drug-likeness (QED) is 0.445. The van der Waals surface area contributed by atoms with Gasteiger partial charge in [0.25, 0.3) is 0 Å². The Morgan fingerprint density at radius 3 is 2.71 bits per heavy atom. The van der Waals surface area contributed by atoms with Crippen LogP contribution in [0.2, 0.25) is 0 Å². The van der Waals surface area contributed by atoms with E-state index >= 15 is 0 Å². The predicted molar refractivity (Wildman–Crippen MR) is 129 cm³/mol. The summed E-state index contributed by atoms with van der Waals surface area (Å²) in [5, 5.41) is 10.1. The molecule has 11 heteroatoms. The Bertz CT molecular complexity index is 1310. The Hall–Kier alpha value is -3.54. The molecule has 0 bridgehead atoms. The van der Waals surface area contributed by atoms with Crippen LogP contribution in [0.3, 0.4) is 0 Å².